The van der Waals surface area contributed by atoms with Gasteiger partial charge in [-0.05, 0) is 5.92 Å². The van der Waals surface area contributed by atoms with Crippen molar-refractivity contribution in [2.75, 3.05) is 20.3 Å². The predicted molar refractivity (Wildman–Crippen MR) is 85.4 cm³/mol. The van der Waals surface area contributed by atoms with Crippen molar-refractivity contribution in [2.45, 2.75) is 32.9 Å². The normalized spacial score (nSPS) is 13.4. The molecule has 0 aromatic carbocycles. The van der Waals surface area contributed by atoms with Crippen LogP contribution in [0.2, 0.25) is 0 Å². The van der Waals surface area contributed by atoms with Gasteiger partial charge in [0.2, 0.25) is 17.4 Å². The van der Waals surface area contributed by atoms with Crippen LogP contribution in [-0.4, -0.2) is 41.8 Å². The molecule has 25 heavy (non-hydrogen) atoms. The van der Waals surface area contributed by atoms with Crippen LogP contribution in [0.1, 0.15) is 27.2 Å². The number of hydrogen-bond acceptors (Lipinski definition) is 6. The molecule has 1 aromatic rings. The van der Waals surface area contributed by atoms with Gasteiger partial charge < -0.3 is 14.8 Å². The van der Waals surface area contributed by atoms with E-state index in [9.17, 15) is 23.6 Å². The number of hydrogen-bond donors (Lipinski definition) is 2. The van der Waals surface area contributed by atoms with Gasteiger partial charge in [-0.15, -0.1) is 0 Å². The second-order valence-electron chi connectivity index (χ2n) is 5.87. The summed E-state index contributed by atoms with van der Waals surface area (Å²) < 4.78 is 24.3. The van der Waals surface area contributed by atoms with Gasteiger partial charge in [0.05, 0.1) is 12.8 Å². The zero-order valence-corrected chi connectivity index (χ0v) is 14.6. The third kappa shape index (κ3) is 4.99. The first-order valence-electron chi connectivity index (χ1n) is 7.61. The fourth-order valence-corrected chi connectivity index (χ4v) is 2.39. The van der Waals surface area contributed by atoms with Crippen molar-refractivity contribution in [3.05, 3.63) is 32.9 Å². The predicted octanol–water partition coefficient (Wildman–Crippen LogP) is -0.300. The van der Waals surface area contributed by atoms with Crippen molar-refractivity contribution >= 4 is 11.9 Å². The molecule has 9 nitrogen and oxygen atoms in total. The van der Waals surface area contributed by atoms with E-state index in [-0.39, 0.29) is 25.6 Å². The number of aromatic amines is 1. The molecule has 1 heterocycles. The number of nitrogens with zero attached hydrogens (tertiary/aromatic N) is 1. The Bertz CT molecular complexity index is 742. The van der Waals surface area contributed by atoms with Crippen molar-refractivity contribution < 1.29 is 23.5 Å². The summed E-state index contributed by atoms with van der Waals surface area (Å²) in [4.78, 5) is 49.6. The molecule has 0 spiro atoms. The van der Waals surface area contributed by atoms with Crippen LogP contribution in [0.15, 0.2) is 15.8 Å². The first-order valence-corrected chi connectivity index (χ1v) is 7.61. The van der Waals surface area contributed by atoms with Gasteiger partial charge in [-0.1, -0.05) is 13.8 Å². The van der Waals surface area contributed by atoms with E-state index in [1.165, 1.54) is 7.11 Å². The Labute approximate surface area is 143 Å². The first kappa shape index (κ1) is 20.6. The summed E-state index contributed by atoms with van der Waals surface area (Å²) in [6.07, 6.45) is 0.515. The Morgan fingerprint density at radius 2 is 2.00 bits per heavy atom. The molecule has 1 rings (SSSR count). The lowest BCUT2D eigenvalue weighted by atomic mass is 9.96. The number of nitrogens with one attached hydrogen (secondary N) is 2. The molecule has 0 unspecified atom stereocenters. The number of methoxy groups -OCH3 is 1. The molecule has 10 heteroatoms. The fraction of sp³-hybridized carbons (Fsp3) is 0.600. The molecular weight excluding hydrogens is 337 g/mol. The van der Waals surface area contributed by atoms with E-state index in [0.717, 1.165) is 6.92 Å². The highest BCUT2D eigenvalue weighted by Gasteiger charge is 2.45. The highest BCUT2D eigenvalue weighted by molar-refractivity contribution is 5.85. The van der Waals surface area contributed by atoms with Crippen LogP contribution in [-0.2, 0) is 24.7 Å². The Hall–Kier alpha value is -2.49. The maximum absolute atomic E-state index is 13.7. The van der Waals surface area contributed by atoms with Crippen LogP contribution >= 0.6 is 0 Å². The summed E-state index contributed by atoms with van der Waals surface area (Å²) in [5, 5.41) is 2.38. The minimum atomic E-state index is -2.00. The van der Waals surface area contributed by atoms with E-state index in [2.05, 4.69) is 5.32 Å². The van der Waals surface area contributed by atoms with Crippen molar-refractivity contribution in [1.82, 2.24) is 14.9 Å². The van der Waals surface area contributed by atoms with Crippen molar-refractivity contribution in [3.63, 3.8) is 0 Å². The molecule has 0 saturated carbocycles. The Kier molecular flexibility index (Phi) is 7.04. The number of H-pyrrole nitrogens is 1. The molecule has 0 aliphatic carbocycles. The lowest BCUT2D eigenvalue weighted by molar-refractivity contribution is -0.161. The fourth-order valence-electron chi connectivity index (χ4n) is 2.39. The number of aromatic nitrogens is 2. The Balaban J connectivity index is 3.55. The molecule has 0 radical (unpaired) electrons. The van der Waals surface area contributed by atoms with E-state index in [0.29, 0.717) is 10.8 Å². The quantitative estimate of drug-likeness (QED) is 0.486. The largest absolute Gasteiger partial charge is 0.460 e. The molecule has 1 atom stereocenters. The average molecular weight is 359 g/mol. The standard InChI is InChI=1S/C15H22FN3O6/c1-9(2)7-15(18-10(3)20,13(22)25-6-5-24-4)19-8-11(16)12(21)17-14(19)23/h8-9H,5-7H2,1-4H3,(H,18,20)(H,17,21,23)/t15-/m1/s1. The molecule has 0 fully saturated rings. The van der Waals surface area contributed by atoms with Crippen LogP contribution in [0, 0.1) is 11.7 Å². The van der Waals surface area contributed by atoms with Gasteiger partial charge in [0.1, 0.15) is 6.61 Å². The van der Waals surface area contributed by atoms with Crippen LogP contribution < -0.4 is 16.6 Å². The maximum atomic E-state index is 13.7. The third-order valence-corrected chi connectivity index (χ3v) is 3.25. The molecule has 1 aromatic heterocycles. The average Bonchev–Trinajstić information content (AvgIpc) is 2.49. The zero-order valence-electron chi connectivity index (χ0n) is 14.6. The summed E-state index contributed by atoms with van der Waals surface area (Å²) in [5.74, 6) is -3.07. The lowest BCUT2D eigenvalue weighted by Gasteiger charge is -2.34. The van der Waals surface area contributed by atoms with Crippen molar-refractivity contribution in [3.8, 4) is 0 Å². The maximum Gasteiger partial charge on any atom is 0.353 e. The van der Waals surface area contributed by atoms with Gasteiger partial charge in [0, 0.05) is 20.5 Å². The Morgan fingerprint density at radius 3 is 2.52 bits per heavy atom. The van der Waals surface area contributed by atoms with Gasteiger partial charge in [0.25, 0.3) is 5.56 Å². The smallest absolute Gasteiger partial charge is 0.353 e. The van der Waals surface area contributed by atoms with E-state index in [4.69, 9.17) is 9.47 Å². The first-order chi connectivity index (χ1) is 11.6. The number of amides is 1. The Morgan fingerprint density at radius 1 is 1.36 bits per heavy atom. The van der Waals surface area contributed by atoms with Gasteiger partial charge in [0.15, 0.2) is 0 Å². The molecule has 140 valence electrons. The third-order valence-electron chi connectivity index (χ3n) is 3.25. The lowest BCUT2D eigenvalue weighted by Crippen LogP contribution is -2.61. The highest BCUT2D eigenvalue weighted by atomic mass is 19.1. The summed E-state index contributed by atoms with van der Waals surface area (Å²) in [7, 11) is 1.41. The molecule has 1 amide bonds. The van der Waals surface area contributed by atoms with Gasteiger partial charge in [-0.25, -0.2) is 9.59 Å². The number of carbonyl (C=O) groups excluding carboxylic acids is 2. The van der Waals surface area contributed by atoms with Crippen molar-refractivity contribution in [1.29, 1.82) is 0 Å². The second kappa shape index (κ2) is 8.56. The second-order valence-corrected chi connectivity index (χ2v) is 5.87. The molecule has 0 aliphatic rings. The molecule has 0 aliphatic heterocycles. The molecular formula is C15H22FN3O6. The van der Waals surface area contributed by atoms with E-state index < -0.39 is 34.6 Å². The number of carbonyl (C=O) groups is 2. The van der Waals surface area contributed by atoms with Crippen LogP contribution in [0.4, 0.5) is 4.39 Å². The van der Waals surface area contributed by atoms with Crippen LogP contribution in [0.3, 0.4) is 0 Å². The monoisotopic (exact) mass is 359 g/mol. The molecule has 2 N–H and O–H groups in total. The number of halogens is 1. The van der Waals surface area contributed by atoms with E-state index in [1.54, 1.807) is 18.8 Å². The number of rotatable bonds is 8. The molecule has 0 bridgehead atoms. The van der Waals surface area contributed by atoms with Crippen LogP contribution in [0.5, 0.6) is 0 Å². The summed E-state index contributed by atoms with van der Waals surface area (Å²) in [5.41, 5.74) is -4.28. The minimum absolute atomic E-state index is 0.0657. The number of ether oxygens (including phenoxy) is 2. The van der Waals surface area contributed by atoms with Crippen LogP contribution in [0.25, 0.3) is 0 Å². The van der Waals surface area contributed by atoms with Gasteiger partial charge in [-0.2, -0.15) is 4.39 Å². The SMILES string of the molecule is COCCOC(=O)[C@](CC(C)C)(NC(C)=O)n1cc(F)c(=O)[nH]c1=O. The summed E-state index contributed by atoms with van der Waals surface area (Å²) in [6.45, 7) is 4.59. The summed E-state index contributed by atoms with van der Waals surface area (Å²) >= 11 is 0. The number of esters is 1. The topological polar surface area (TPSA) is 119 Å². The van der Waals surface area contributed by atoms with Gasteiger partial charge >= 0.3 is 11.7 Å². The van der Waals surface area contributed by atoms with E-state index in [1.807, 2.05) is 0 Å². The zero-order chi connectivity index (χ0) is 19.2. The van der Waals surface area contributed by atoms with Gasteiger partial charge in [-0.3, -0.25) is 19.1 Å². The molecule has 0 saturated heterocycles. The van der Waals surface area contributed by atoms with E-state index >= 15 is 0 Å². The van der Waals surface area contributed by atoms with Crippen molar-refractivity contribution in [2.24, 2.45) is 5.92 Å². The minimum Gasteiger partial charge on any atom is -0.460 e. The summed E-state index contributed by atoms with van der Waals surface area (Å²) in [6, 6.07) is 0. The highest BCUT2D eigenvalue weighted by Crippen LogP contribution is 2.23.